The fraction of sp³-hybridized carbons (Fsp3) is 0.429. The molecule has 4 aromatic rings. The number of rotatable bonds is 9. The molecule has 0 atom stereocenters. The van der Waals surface area contributed by atoms with E-state index in [1.165, 1.54) is 10.9 Å². The molecule has 3 heterocycles. The summed E-state index contributed by atoms with van der Waals surface area (Å²) in [6, 6.07) is 7.05. The highest BCUT2D eigenvalue weighted by Crippen LogP contribution is 2.45. The molecule has 0 spiro atoms. The zero-order chi connectivity index (χ0) is 28.6. The molecule has 0 radical (unpaired) electrons. The van der Waals surface area contributed by atoms with Crippen LogP contribution in [0.5, 0.6) is 5.88 Å². The van der Waals surface area contributed by atoms with Crippen LogP contribution in [0.4, 0.5) is 19.1 Å². The van der Waals surface area contributed by atoms with Gasteiger partial charge < -0.3 is 14.6 Å². The van der Waals surface area contributed by atoms with Crippen LogP contribution in [0.1, 0.15) is 81.2 Å². The molecule has 1 N–H and O–H groups in total. The number of imidazole rings is 1. The van der Waals surface area contributed by atoms with Crippen molar-refractivity contribution < 1.29 is 17.9 Å². The molecule has 12 heteroatoms. The molecule has 0 unspecified atom stereocenters. The number of nitrogens with one attached hydrogen (secondary N) is 1. The van der Waals surface area contributed by atoms with Crippen LogP contribution in [0.25, 0.3) is 22.8 Å². The predicted octanol–water partition coefficient (Wildman–Crippen LogP) is 6.41. The van der Waals surface area contributed by atoms with Gasteiger partial charge in [-0.15, -0.1) is 0 Å². The Morgan fingerprint density at radius 3 is 2.33 bits per heavy atom. The molecule has 1 fully saturated rings. The zero-order valence-corrected chi connectivity index (χ0v) is 23.0. The number of hydrogen-bond acceptors (Lipinski definition) is 8. The Kier molecular flexibility index (Phi) is 7.43. The number of halogens is 3. The number of nitrogens with zero attached hydrogens (tertiary/aromatic N) is 7. The number of hydrogen-bond donors (Lipinski definition) is 1. The molecule has 0 bridgehead atoms. The molecule has 5 rings (SSSR count). The Labute approximate surface area is 230 Å². The molecule has 0 aliphatic heterocycles. The van der Waals surface area contributed by atoms with E-state index in [4.69, 9.17) is 9.72 Å². The van der Waals surface area contributed by atoms with Gasteiger partial charge in [-0.1, -0.05) is 38.1 Å². The molecule has 0 saturated heterocycles. The summed E-state index contributed by atoms with van der Waals surface area (Å²) in [5, 5.41) is 3.27. The monoisotopic (exact) mass is 552 g/mol. The summed E-state index contributed by atoms with van der Waals surface area (Å²) < 4.78 is 47.0. The maximum Gasteiger partial charge on any atom is 0.434 e. The first-order valence-corrected chi connectivity index (χ1v) is 13.2. The van der Waals surface area contributed by atoms with Gasteiger partial charge >= 0.3 is 6.18 Å². The maximum atomic E-state index is 13.3. The third kappa shape index (κ3) is 5.75. The quantitative estimate of drug-likeness (QED) is 0.254. The van der Waals surface area contributed by atoms with Crippen molar-refractivity contribution in [3.63, 3.8) is 0 Å². The molecule has 1 aliphatic carbocycles. The molecule has 3 aromatic heterocycles. The van der Waals surface area contributed by atoms with Gasteiger partial charge in [0, 0.05) is 36.2 Å². The van der Waals surface area contributed by atoms with Gasteiger partial charge in [0.2, 0.25) is 11.8 Å². The average molecular weight is 553 g/mol. The van der Waals surface area contributed by atoms with Crippen LogP contribution in [0.2, 0.25) is 0 Å². The molecular formula is C28H31F3N8O. The first-order valence-electron chi connectivity index (χ1n) is 13.2. The molecule has 0 amide bonds. The highest BCUT2D eigenvalue weighted by molar-refractivity contribution is 5.66. The molecule has 1 aliphatic rings. The summed E-state index contributed by atoms with van der Waals surface area (Å²) in [6.07, 6.45) is 0.144. The van der Waals surface area contributed by atoms with Crippen molar-refractivity contribution >= 4 is 5.95 Å². The second kappa shape index (κ2) is 10.8. The van der Waals surface area contributed by atoms with Crippen molar-refractivity contribution in [1.29, 1.82) is 0 Å². The van der Waals surface area contributed by atoms with Gasteiger partial charge in [-0.3, -0.25) is 0 Å². The minimum Gasteiger partial charge on any atom is -0.480 e. The number of benzene rings is 1. The van der Waals surface area contributed by atoms with Crippen molar-refractivity contribution in [2.45, 2.75) is 71.1 Å². The number of ether oxygens (including phenoxy) is 1. The van der Waals surface area contributed by atoms with Crippen LogP contribution < -0.4 is 10.1 Å². The Morgan fingerprint density at radius 2 is 1.73 bits per heavy atom. The predicted molar refractivity (Wildman–Crippen MR) is 144 cm³/mol. The molecular weight excluding hydrogens is 521 g/mol. The van der Waals surface area contributed by atoms with Crippen LogP contribution in [0.15, 0.2) is 36.8 Å². The number of anilines is 1. The first-order chi connectivity index (χ1) is 19.0. The third-order valence-electron chi connectivity index (χ3n) is 6.63. The smallest absolute Gasteiger partial charge is 0.434 e. The zero-order valence-electron chi connectivity index (χ0n) is 23.0. The fourth-order valence-corrected chi connectivity index (χ4v) is 4.35. The van der Waals surface area contributed by atoms with E-state index in [0.29, 0.717) is 47.1 Å². The van der Waals surface area contributed by atoms with Gasteiger partial charge in [0.15, 0.2) is 11.5 Å². The van der Waals surface area contributed by atoms with E-state index in [1.807, 2.05) is 39.8 Å². The summed E-state index contributed by atoms with van der Waals surface area (Å²) in [6.45, 7) is 8.05. The minimum absolute atomic E-state index is 0.0490. The lowest BCUT2D eigenvalue weighted by Crippen LogP contribution is -2.11. The number of methoxy groups -OCH3 is 1. The lowest BCUT2D eigenvalue weighted by molar-refractivity contribution is -0.140. The first kappa shape index (κ1) is 27.5. The largest absolute Gasteiger partial charge is 0.480 e. The summed E-state index contributed by atoms with van der Waals surface area (Å²) in [4.78, 5) is 26.7. The van der Waals surface area contributed by atoms with E-state index in [1.54, 1.807) is 19.2 Å². The number of aromatic nitrogens is 7. The lowest BCUT2D eigenvalue weighted by atomic mass is 10.1. The molecule has 9 nitrogen and oxygen atoms in total. The highest BCUT2D eigenvalue weighted by atomic mass is 19.4. The fourth-order valence-electron chi connectivity index (χ4n) is 4.35. The van der Waals surface area contributed by atoms with Gasteiger partial charge in [-0.05, 0) is 32.3 Å². The lowest BCUT2D eigenvalue weighted by Gasteiger charge is -2.14. The molecule has 40 heavy (non-hydrogen) atoms. The van der Waals surface area contributed by atoms with E-state index in [2.05, 4.69) is 30.2 Å². The van der Waals surface area contributed by atoms with Crippen molar-refractivity contribution in [1.82, 2.24) is 34.5 Å². The van der Waals surface area contributed by atoms with Gasteiger partial charge in [0.25, 0.3) is 0 Å². The Hall–Kier alpha value is -4.09. The SMILES string of the molecule is COc1ncnc(C2CC2)c1-c1nc(NCc2ccc(-c3nc(C(F)(F)F)cn3C(C)C)cc2)nc(C(C)C)n1. The number of alkyl halides is 3. The van der Waals surface area contributed by atoms with Gasteiger partial charge in [0.05, 0.1) is 12.8 Å². The van der Waals surface area contributed by atoms with Crippen LogP contribution in [-0.4, -0.2) is 41.6 Å². The van der Waals surface area contributed by atoms with Gasteiger partial charge in [-0.25, -0.2) is 19.9 Å². The molecule has 1 saturated carbocycles. The maximum absolute atomic E-state index is 13.3. The normalized spacial score (nSPS) is 13.8. The average Bonchev–Trinajstić information content (AvgIpc) is 3.67. The van der Waals surface area contributed by atoms with Crippen LogP contribution >= 0.6 is 0 Å². The van der Waals surface area contributed by atoms with E-state index in [9.17, 15) is 13.2 Å². The van der Waals surface area contributed by atoms with E-state index in [0.717, 1.165) is 30.3 Å². The van der Waals surface area contributed by atoms with Crippen molar-refractivity contribution in [2.24, 2.45) is 0 Å². The second-order valence-electron chi connectivity index (χ2n) is 10.4. The highest BCUT2D eigenvalue weighted by Gasteiger charge is 2.35. The minimum atomic E-state index is -4.51. The standard InChI is InChI=1S/C28H31F3N8O/c1-15(2)23-36-24(21-22(18-10-11-18)33-14-34-26(21)40-5)38-27(37-23)32-12-17-6-8-19(9-7-17)25-35-20(28(29,30)31)13-39(25)16(3)4/h6-9,13-16,18H,10-12H2,1-5H3,(H,32,36,37,38). The molecule has 1 aromatic carbocycles. The summed E-state index contributed by atoms with van der Waals surface area (Å²) >= 11 is 0. The topological polar surface area (TPSA) is 104 Å². The van der Waals surface area contributed by atoms with Crippen LogP contribution in [0, 0.1) is 0 Å². The Morgan fingerprint density at radius 1 is 1.00 bits per heavy atom. The summed E-state index contributed by atoms with van der Waals surface area (Å²) in [5.41, 5.74) is 2.15. The van der Waals surface area contributed by atoms with Gasteiger partial charge in [0.1, 0.15) is 23.5 Å². The third-order valence-corrected chi connectivity index (χ3v) is 6.63. The van der Waals surface area contributed by atoms with Gasteiger partial charge in [-0.2, -0.15) is 23.1 Å². The van der Waals surface area contributed by atoms with Crippen LogP contribution in [-0.2, 0) is 12.7 Å². The molecule has 210 valence electrons. The van der Waals surface area contributed by atoms with Crippen molar-refractivity contribution in [3.8, 4) is 28.7 Å². The van der Waals surface area contributed by atoms with Crippen LogP contribution in [0.3, 0.4) is 0 Å². The van der Waals surface area contributed by atoms with Crippen molar-refractivity contribution in [2.75, 3.05) is 12.4 Å². The summed E-state index contributed by atoms with van der Waals surface area (Å²) in [5.74, 6) is 2.56. The Bertz CT molecular complexity index is 1490. The Balaban J connectivity index is 1.41. The van der Waals surface area contributed by atoms with E-state index >= 15 is 0 Å². The van der Waals surface area contributed by atoms with E-state index in [-0.39, 0.29) is 17.8 Å². The van der Waals surface area contributed by atoms with Crippen molar-refractivity contribution in [3.05, 3.63) is 59.6 Å². The van der Waals surface area contributed by atoms with E-state index < -0.39 is 11.9 Å². The second-order valence-corrected chi connectivity index (χ2v) is 10.4. The summed E-state index contributed by atoms with van der Waals surface area (Å²) in [7, 11) is 1.56.